The molecular weight excluding hydrogens is 174 g/mol. The Hall–Kier alpha value is -1.02. The van der Waals surface area contributed by atoms with Gasteiger partial charge in [0.2, 0.25) is 0 Å². The second-order valence-corrected chi connectivity index (χ2v) is 3.93. The molecule has 2 atom stereocenters. The highest BCUT2D eigenvalue weighted by molar-refractivity contribution is 5.33. The predicted octanol–water partition coefficient (Wildman–Crippen LogP) is 2.42. The second-order valence-electron chi connectivity index (χ2n) is 3.93. The average Bonchev–Trinajstić information content (AvgIpc) is 2.11. The Morgan fingerprint density at radius 2 is 1.79 bits per heavy atom. The Morgan fingerprint density at radius 1 is 1.14 bits per heavy atom. The van der Waals surface area contributed by atoms with Crippen molar-refractivity contribution in [2.75, 3.05) is 0 Å². The van der Waals surface area contributed by atoms with Gasteiger partial charge in [-0.1, -0.05) is 6.07 Å². The summed E-state index contributed by atoms with van der Waals surface area (Å²) in [4.78, 5) is 0. The number of hydrogen-bond donors (Lipinski definition) is 1. The van der Waals surface area contributed by atoms with Gasteiger partial charge in [-0.3, -0.25) is 0 Å². The molecule has 0 saturated carbocycles. The van der Waals surface area contributed by atoms with Crippen molar-refractivity contribution >= 4 is 0 Å². The molecule has 0 saturated heterocycles. The molecule has 0 aliphatic rings. The molecule has 0 aliphatic carbocycles. The fraction of sp³-hybridized carbons (Fsp3) is 0.500. The third-order valence-electron chi connectivity index (χ3n) is 2.54. The van der Waals surface area contributed by atoms with E-state index in [0.717, 1.165) is 5.75 Å². The second kappa shape index (κ2) is 4.47. The van der Waals surface area contributed by atoms with Crippen LogP contribution in [0.5, 0.6) is 5.75 Å². The van der Waals surface area contributed by atoms with Crippen molar-refractivity contribution in [2.24, 2.45) is 5.73 Å². The minimum atomic E-state index is 0.0524. The molecule has 0 heterocycles. The number of nitrogens with two attached hydrogens (primary N) is 1. The minimum absolute atomic E-state index is 0.0524. The Kier molecular flexibility index (Phi) is 3.53. The molecule has 0 spiro atoms. The summed E-state index contributed by atoms with van der Waals surface area (Å²) in [5.41, 5.74) is 8.26. The smallest absolute Gasteiger partial charge is 0.120 e. The van der Waals surface area contributed by atoms with E-state index in [4.69, 9.17) is 10.5 Å². The van der Waals surface area contributed by atoms with E-state index in [0.29, 0.717) is 0 Å². The summed E-state index contributed by atoms with van der Waals surface area (Å²) in [5.74, 6) is 0.901. The standard InChI is InChI=1S/C12H19NO/c1-8-5-6-12(7-9(8)2)14-11(4)10(3)13/h5-7,10-11H,13H2,1-4H3/t10-,11?/m0/s1. The summed E-state index contributed by atoms with van der Waals surface area (Å²) >= 11 is 0. The lowest BCUT2D eigenvalue weighted by atomic mass is 10.1. The van der Waals surface area contributed by atoms with Crippen LogP contribution in [0.3, 0.4) is 0 Å². The van der Waals surface area contributed by atoms with Crippen molar-refractivity contribution in [3.05, 3.63) is 29.3 Å². The van der Waals surface area contributed by atoms with Crippen molar-refractivity contribution in [3.8, 4) is 5.75 Å². The Morgan fingerprint density at radius 3 is 2.29 bits per heavy atom. The van der Waals surface area contributed by atoms with E-state index in [9.17, 15) is 0 Å². The molecule has 2 heteroatoms. The first-order valence-corrected chi connectivity index (χ1v) is 5.00. The predicted molar refractivity (Wildman–Crippen MR) is 59.7 cm³/mol. The summed E-state index contributed by atoms with van der Waals surface area (Å²) in [7, 11) is 0. The monoisotopic (exact) mass is 193 g/mol. The summed E-state index contributed by atoms with van der Waals surface area (Å²) in [6, 6.07) is 6.16. The van der Waals surface area contributed by atoms with Crippen LogP contribution < -0.4 is 10.5 Å². The normalized spacial score (nSPS) is 14.9. The molecule has 1 unspecified atom stereocenters. The third kappa shape index (κ3) is 2.74. The van der Waals surface area contributed by atoms with Crippen LogP contribution in [0, 0.1) is 13.8 Å². The number of rotatable bonds is 3. The summed E-state index contributed by atoms with van der Waals surface area (Å²) < 4.78 is 5.69. The van der Waals surface area contributed by atoms with Crippen LogP contribution in [0.1, 0.15) is 25.0 Å². The van der Waals surface area contributed by atoms with Gasteiger partial charge in [-0.05, 0) is 51.0 Å². The van der Waals surface area contributed by atoms with Gasteiger partial charge in [0.1, 0.15) is 11.9 Å². The van der Waals surface area contributed by atoms with Gasteiger partial charge in [-0.25, -0.2) is 0 Å². The summed E-state index contributed by atoms with van der Waals surface area (Å²) in [6.45, 7) is 8.11. The Balaban J connectivity index is 2.73. The van der Waals surface area contributed by atoms with Gasteiger partial charge in [0, 0.05) is 6.04 Å². The van der Waals surface area contributed by atoms with Crippen LogP contribution in [-0.2, 0) is 0 Å². The van der Waals surface area contributed by atoms with Crippen LogP contribution in [-0.4, -0.2) is 12.1 Å². The van der Waals surface area contributed by atoms with Gasteiger partial charge in [-0.2, -0.15) is 0 Å². The number of ether oxygens (including phenoxy) is 1. The lowest BCUT2D eigenvalue weighted by Gasteiger charge is -2.18. The van der Waals surface area contributed by atoms with Crippen molar-refractivity contribution in [3.63, 3.8) is 0 Å². The molecule has 0 radical (unpaired) electrons. The number of benzene rings is 1. The van der Waals surface area contributed by atoms with Crippen molar-refractivity contribution in [1.29, 1.82) is 0 Å². The minimum Gasteiger partial charge on any atom is -0.489 e. The molecule has 14 heavy (non-hydrogen) atoms. The molecule has 0 aromatic heterocycles. The topological polar surface area (TPSA) is 35.2 Å². The SMILES string of the molecule is Cc1ccc(OC(C)[C@H](C)N)cc1C. The van der Waals surface area contributed by atoms with E-state index in [1.165, 1.54) is 11.1 Å². The number of hydrogen-bond acceptors (Lipinski definition) is 2. The van der Waals surface area contributed by atoms with Crippen molar-refractivity contribution < 1.29 is 4.74 Å². The van der Waals surface area contributed by atoms with Crippen LogP contribution >= 0.6 is 0 Å². The van der Waals surface area contributed by atoms with Gasteiger partial charge < -0.3 is 10.5 Å². The molecular formula is C12H19NO. The summed E-state index contributed by atoms with van der Waals surface area (Å²) in [6.07, 6.45) is 0.0529. The molecule has 0 bridgehead atoms. The maximum absolute atomic E-state index is 5.73. The fourth-order valence-corrected chi connectivity index (χ4v) is 1.11. The molecule has 2 N–H and O–H groups in total. The largest absolute Gasteiger partial charge is 0.489 e. The van der Waals surface area contributed by atoms with E-state index < -0.39 is 0 Å². The van der Waals surface area contributed by atoms with E-state index in [2.05, 4.69) is 19.9 Å². The maximum atomic E-state index is 5.73. The zero-order valence-electron chi connectivity index (χ0n) is 9.37. The van der Waals surface area contributed by atoms with Crippen LogP contribution in [0.4, 0.5) is 0 Å². The average molecular weight is 193 g/mol. The maximum Gasteiger partial charge on any atom is 0.120 e. The Labute approximate surface area is 86.1 Å². The lowest BCUT2D eigenvalue weighted by molar-refractivity contribution is 0.196. The summed E-state index contributed by atoms with van der Waals surface area (Å²) in [5, 5.41) is 0. The Bertz CT molecular complexity index is 307. The number of aryl methyl sites for hydroxylation is 2. The molecule has 0 aliphatic heterocycles. The third-order valence-corrected chi connectivity index (χ3v) is 2.54. The highest BCUT2D eigenvalue weighted by Crippen LogP contribution is 2.18. The molecule has 1 aromatic rings. The van der Waals surface area contributed by atoms with Crippen LogP contribution in [0.15, 0.2) is 18.2 Å². The van der Waals surface area contributed by atoms with Gasteiger partial charge >= 0.3 is 0 Å². The van der Waals surface area contributed by atoms with E-state index in [1.807, 2.05) is 26.0 Å². The highest BCUT2D eigenvalue weighted by Gasteiger charge is 2.08. The molecule has 0 amide bonds. The molecule has 1 aromatic carbocycles. The fourth-order valence-electron chi connectivity index (χ4n) is 1.11. The molecule has 0 fully saturated rings. The van der Waals surface area contributed by atoms with Gasteiger partial charge in [0.25, 0.3) is 0 Å². The highest BCUT2D eigenvalue weighted by atomic mass is 16.5. The van der Waals surface area contributed by atoms with Gasteiger partial charge in [0.15, 0.2) is 0 Å². The molecule has 78 valence electrons. The lowest BCUT2D eigenvalue weighted by Crippen LogP contribution is -2.33. The first kappa shape index (κ1) is 11.1. The zero-order chi connectivity index (χ0) is 10.7. The van der Waals surface area contributed by atoms with Gasteiger partial charge in [-0.15, -0.1) is 0 Å². The zero-order valence-corrected chi connectivity index (χ0v) is 9.37. The van der Waals surface area contributed by atoms with Gasteiger partial charge in [0.05, 0.1) is 0 Å². The first-order chi connectivity index (χ1) is 6.50. The van der Waals surface area contributed by atoms with Crippen molar-refractivity contribution in [1.82, 2.24) is 0 Å². The molecule has 2 nitrogen and oxygen atoms in total. The van der Waals surface area contributed by atoms with E-state index >= 15 is 0 Å². The quantitative estimate of drug-likeness (QED) is 0.800. The van der Waals surface area contributed by atoms with E-state index in [-0.39, 0.29) is 12.1 Å². The molecule has 1 rings (SSSR count). The first-order valence-electron chi connectivity index (χ1n) is 5.00. The van der Waals surface area contributed by atoms with Crippen molar-refractivity contribution in [2.45, 2.75) is 39.8 Å². The van der Waals surface area contributed by atoms with Crippen LogP contribution in [0.2, 0.25) is 0 Å². The van der Waals surface area contributed by atoms with Crippen LogP contribution in [0.25, 0.3) is 0 Å². The van der Waals surface area contributed by atoms with E-state index in [1.54, 1.807) is 0 Å².